The number of rotatable bonds is 10. The molecule has 33 heavy (non-hydrogen) atoms. The Morgan fingerprint density at radius 2 is 1.94 bits per heavy atom. The molecule has 2 heterocycles. The number of methoxy groups -OCH3 is 1. The molecule has 0 aliphatic carbocycles. The van der Waals surface area contributed by atoms with Crippen molar-refractivity contribution in [2.45, 2.75) is 37.2 Å². The summed E-state index contributed by atoms with van der Waals surface area (Å²) in [5.41, 5.74) is 1.49. The summed E-state index contributed by atoms with van der Waals surface area (Å²) < 4.78 is 26.1. The molecule has 1 fully saturated rings. The number of hydrogen-bond acceptors (Lipinski definition) is 7. The van der Waals surface area contributed by atoms with Gasteiger partial charge in [0, 0.05) is 18.0 Å². The van der Waals surface area contributed by atoms with Crippen LogP contribution in [0.25, 0.3) is 0 Å². The predicted molar refractivity (Wildman–Crippen MR) is 125 cm³/mol. The molecule has 1 aliphatic rings. The Kier molecular flexibility index (Phi) is 7.79. The fraction of sp³-hybridized carbons (Fsp3) is 0.348. The van der Waals surface area contributed by atoms with Gasteiger partial charge >= 0.3 is 0 Å². The second-order valence-electron chi connectivity index (χ2n) is 7.57. The first-order valence-corrected chi connectivity index (χ1v) is 11.7. The van der Waals surface area contributed by atoms with Gasteiger partial charge < -0.3 is 24.7 Å². The van der Waals surface area contributed by atoms with Crippen molar-refractivity contribution < 1.29 is 18.7 Å². The summed E-state index contributed by atoms with van der Waals surface area (Å²) >= 11 is 1.33. The molecule has 0 spiro atoms. The van der Waals surface area contributed by atoms with Crippen LogP contribution in [-0.2, 0) is 22.6 Å². The topological polar surface area (TPSA) is 90.3 Å². The number of anilines is 2. The van der Waals surface area contributed by atoms with E-state index in [0.29, 0.717) is 23.9 Å². The van der Waals surface area contributed by atoms with Gasteiger partial charge in [-0.25, -0.2) is 4.39 Å². The van der Waals surface area contributed by atoms with Crippen molar-refractivity contribution in [3.63, 3.8) is 0 Å². The maximum absolute atomic E-state index is 13.2. The number of carbonyl (C=O) groups excluding carboxylic acids is 1. The Balaban J connectivity index is 1.39. The van der Waals surface area contributed by atoms with Crippen LogP contribution in [0.3, 0.4) is 0 Å². The lowest BCUT2D eigenvalue weighted by Gasteiger charge is -2.15. The highest BCUT2D eigenvalue weighted by atomic mass is 32.2. The van der Waals surface area contributed by atoms with Gasteiger partial charge in [0.05, 0.1) is 32.1 Å². The fourth-order valence-corrected chi connectivity index (χ4v) is 4.25. The van der Waals surface area contributed by atoms with E-state index < -0.39 is 0 Å². The van der Waals surface area contributed by atoms with E-state index >= 15 is 0 Å². The molecule has 2 aromatic carbocycles. The second kappa shape index (κ2) is 11.2. The molecule has 1 atom stereocenters. The first kappa shape index (κ1) is 23.1. The molecule has 0 saturated carbocycles. The van der Waals surface area contributed by atoms with Crippen LogP contribution >= 0.6 is 11.8 Å². The summed E-state index contributed by atoms with van der Waals surface area (Å²) in [6.45, 7) is 1.79. The van der Waals surface area contributed by atoms with Crippen LogP contribution in [0.5, 0.6) is 5.75 Å². The maximum atomic E-state index is 13.2. The summed E-state index contributed by atoms with van der Waals surface area (Å²) in [6.07, 6.45) is 2.10. The zero-order valence-corrected chi connectivity index (χ0v) is 19.1. The molecule has 8 nitrogen and oxygen atoms in total. The van der Waals surface area contributed by atoms with E-state index in [-0.39, 0.29) is 23.6 Å². The van der Waals surface area contributed by atoms with E-state index in [1.807, 2.05) is 4.57 Å². The number of nitrogens with one attached hydrogen (secondary N) is 2. The normalized spacial score (nSPS) is 15.4. The van der Waals surface area contributed by atoms with E-state index in [9.17, 15) is 9.18 Å². The lowest BCUT2D eigenvalue weighted by Crippen LogP contribution is -2.20. The summed E-state index contributed by atoms with van der Waals surface area (Å²) in [6, 6.07) is 13.3. The van der Waals surface area contributed by atoms with Gasteiger partial charge in [0.25, 0.3) is 0 Å². The molecular weight excluding hydrogens is 445 g/mol. The van der Waals surface area contributed by atoms with Gasteiger partial charge in [-0.2, -0.15) is 0 Å². The van der Waals surface area contributed by atoms with Crippen molar-refractivity contribution in [2.24, 2.45) is 0 Å². The van der Waals surface area contributed by atoms with Crippen LogP contribution < -0.4 is 15.4 Å². The number of benzene rings is 2. The van der Waals surface area contributed by atoms with Gasteiger partial charge in [-0.3, -0.25) is 4.79 Å². The molecule has 0 unspecified atom stereocenters. The van der Waals surface area contributed by atoms with Crippen molar-refractivity contribution in [1.29, 1.82) is 0 Å². The third-order valence-corrected chi connectivity index (χ3v) is 6.17. The molecule has 2 N–H and O–H groups in total. The SMILES string of the molecule is COc1ccc(NC(=O)CSc2nnc(CNc3ccc(F)cc3)n2C[C@@H]2CCCO2)cc1. The number of amides is 1. The Morgan fingerprint density at radius 3 is 2.64 bits per heavy atom. The largest absolute Gasteiger partial charge is 0.497 e. The van der Waals surface area contributed by atoms with E-state index in [0.717, 1.165) is 36.7 Å². The Morgan fingerprint density at radius 1 is 1.18 bits per heavy atom. The van der Waals surface area contributed by atoms with Crippen molar-refractivity contribution >= 4 is 29.0 Å². The van der Waals surface area contributed by atoms with Crippen LogP contribution in [0.15, 0.2) is 53.7 Å². The van der Waals surface area contributed by atoms with Crippen molar-refractivity contribution in [3.05, 3.63) is 60.2 Å². The molecule has 4 rings (SSSR count). The number of halogens is 1. The van der Waals surface area contributed by atoms with Crippen LogP contribution in [0.1, 0.15) is 18.7 Å². The minimum absolute atomic E-state index is 0.0954. The monoisotopic (exact) mass is 471 g/mol. The zero-order chi connectivity index (χ0) is 23.0. The Hall–Kier alpha value is -3.11. The summed E-state index contributed by atoms with van der Waals surface area (Å²) in [7, 11) is 1.60. The molecule has 3 aromatic rings. The highest BCUT2D eigenvalue weighted by Crippen LogP contribution is 2.23. The van der Waals surface area contributed by atoms with E-state index in [4.69, 9.17) is 9.47 Å². The molecule has 10 heteroatoms. The van der Waals surface area contributed by atoms with Crippen LogP contribution in [0.4, 0.5) is 15.8 Å². The molecule has 1 aliphatic heterocycles. The fourth-order valence-electron chi connectivity index (χ4n) is 3.48. The first-order valence-electron chi connectivity index (χ1n) is 10.7. The molecule has 0 bridgehead atoms. The standard InChI is InChI=1S/C23H26FN5O3S/c1-31-19-10-8-18(9-11-19)26-22(30)15-33-23-28-27-21(29(23)14-20-3-2-12-32-20)13-25-17-6-4-16(24)5-7-17/h4-11,20,25H,2-3,12-15H2,1H3,(H,26,30)/t20-/m0/s1. The van der Waals surface area contributed by atoms with Crippen LogP contribution in [0.2, 0.25) is 0 Å². The van der Waals surface area contributed by atoms with Crippen LogP contribution in [-0.4, -0.2) is 46.2 Å². The van der Waals surface area contributed by atoms with Crippen molar-refractivity contribution in [1.82, 2.24) is 14.8 Å². The average molecular weight is 472 g/mol. The van der Waals surface area contributed by atoms with Gasteiger partial charge in [0.2, 0.25) is 5.91 Å². The molecule has 1 aromatic heterocycles. The number of hydrogen-bond donors (Lipinski definition) is 2. The Bertz CT molecular complexity index is 1050. The number of carbonyl (C=O) groups is 1. The third kappa shape index (κ3) is 6.45. The Labute approximate surface area is 195 Å². The third-order valence-electron chi connectivity index (χ3n) is 5.20. The molecule has 174 valence electrons. The van der Waals surface area contributed by atoms with Gasteiger partial charge in [-0.15, -0.1) is 10.2 Å². The summed E-state index contributed by atoms with van der Waals surface area (Å²) in [5, 5.41) is 15.4. The minimum Gasteiger partial charge on any atom is -0.497 e. The summed E-state index contributed by atoms with van der Waals surface area (Å²) in [4.78, 5) is 12.5. The quantitative estimate of drug-likeness (QED) is 0.433. The molecular formula is C23H26FN5O3S. The van der Waals surface area contributed by atoms with E-state index in [1.165, 1.54) is 23.9 Å². The highest BCUT2D eigenvalue weighted by molar-refractivity contribution is 7.99. The highest BCUT2D eigenvalue weighted by Gasteiger charge is 2.21. The zero-order valence-electron chi connectivity index (χ0n) is 18.3. The number of thioether (sulfide) groups is 1. The van der Waals surface area contributed by atoms with Crippen LogP contribution in [0, 0.1) is 5.82 Å². The lowest BCUT2D eigenvalue weighted by atomic mass is 10.2. The number of aromatic nitrogens is 3. The lowest BCUT2D eigenvalue weighted by molar-refractivity contribution is -0.113. The van der Waals surface area contributed by atoms with Gasteiger partial charge in [0.1, 0.15) is 11.6 Å². The molecule has 1 amide bonds. The predicted octanol–water partition coefficient (Wildman–Crippen LogP) is 3.95. The second-order valence-corrected chi connectivity index (χ2v) is 8.51. The first-order chi connectivity index (χ1) is 16.1. The van der Waals surface area contributed by atoms with E-state index in [2.05, 4.69) is 20.8 Å². The van der Waals surface area contributed by atoms with Crippen molar-refractivity contribution in [2.75, 3.05) is 30.1 Å². The summed E-state index contributed by atoms with van der Waals surface area (Å²) in [5.74, 6) is 1.23. The van der Waals surface area contributed by atoms with Gasteiger partial charge in [0.15, 0.2) is 11.0 Å². The van der Waals surface area contributed by atoms with E-state index in [1.54, 1.807) is 43.5 Å². The van der Waals surface area contributed by atoms with Gasteiger partial charge in [-0.1, -0.05) is 11.8 Å². The average Bonchev–Trinajstić information content (AvgIpc) is 3.48. The van der Waals surface area contributed by atoms with Crippen molar-refractivity contribution in [3.8, 4) is 5.75 Å². The maximum Gasteiger partial charge on any atom is 0.234 e. The number of ether oxygens (including phenoxy) is 2. The molecule has 0 radical (unpaired) electrons. The number of nitrogens with zero attached hydrogens (tertiary/aromatic N) is 3. The smallest absolute Gasteiger partial charge is 0.234 e. The minimum atomic E-state index is -0.284. The van der Waals surface area contributed by atoms with Gasteiger partial charge in [-0.05, 0) is 61.4 Å². The molecule has 1 saturated heterocycles.